The molecular formula is C15H21N3. The van der Waals surface area contributed by atoms with Crippen LogP contribution >= 0.6 is 0 Å². The second kappa shape index (κ2) is 5.36. The second-order valence-electron chi connectivity index (χ2n) is 4.66. The molecule has 0 saturated carbocycles. The summed E-state index contributed by atoms with van der Waals surface area (Å²) in [5.41, 5.74) is 10.5. The molecule has 18 heavy (non-hydrogen) atoms. The number of imidazole rings is 1. The highest BCUT2D eigenvalue weighted by Gasteiger charge is 2.12. The molecule has 1 aromatic carbocycles. The Bertz CT molecular complexity index is 523. The van der Waals surface area contributed by atoms with Crippen molar-refractivity contribution in [3.05, 3.63) is 41.3 Å². The highest BCUT2D eigenvalue weighted by Crippen LogP contribution is 2.23. The van der Waals surface area contributed by atoms with E-state index >= 15 is 0 Å². The van der Waals surface area contributed by atoms with Gasteiger partial charge in [-0.25, -0.2) is 4.98 Å². The van der Waals surface area contributed by atoms with Crippen LogP contribution in [0, 0.1) is 6.92 Å². The molecule has 0 saturated heterocycles. The molecule has 0 fully saturated rings. The predicted molar refractivity (Wildman–Crippen MR) is 75.3 cm³/mol. The Morgan fingerprint density at radius 2 is 1.89 bits per heavy atom. The van der Waals surface area contributed by atoms with Gasteiger partial charge < -0.3 is 10.3 Å². The zero-order valence-corrected chi connectivity index (χ0v) is 11.4. The molecule has 2 aromatic rings. The summed E-state index contributed by atoms with van der Waals surface area (Å²) in [6.45, 7) is 4.72. The van der Waals surface area contributed by atoms with Gasteiger partial charge in [-0.15, -0.1) is 0 Å². The van der Waals surface area contributed by atoms with Crippen LogP contribution in [0.25, 0.3) is 11.3 Å². The van der Waals surface area contributed by atoms with Crippen LogP contribution in [0.3, 0.4) is 0 Å². The summed E-state index contributed by atoms with van der Waals surface area (Å²) in [6, 6.07) is 8.66. The smallest absolute Gasteiger partial charge is 0.106 e. The minimum atomic E-state index is 0.517. The maximum atomic E-state index is 5.82. The number of hydrogen-bond donors (Lipinski definition) is 1. The quantitative estimate of drug-likeness (QED) is 0.897. The fourth-order valence-electron chi connectivity index (χ4n) is 2.24. The van der Waals surface area contributed by atoms with E-state index in [1.807, 2.05) is 14.0 Å². The van der Waals surface area contributed by atoms with Gasteiger partial charge in [0.1, 0.15) is 5.82 Å². The predicted octanol–water partition coefficient (Wildman–Crippen LogP) is 2.81. The van der Waals surface area contributed by atoms with Gasteiger partial charge in [0.2, 0.25) is 0 Å². The second-order valence-corrected chi connectivity index (χ2v) is 4.66. The number of rotatable bonds is 4. The first kappa shape index (κ1) is 12.8. The van der Waals surface area contributed by atoms with E-state index in [0.717, 1.165) is 29.2 Å². The van der Waals surface area contributed by atoms with Gasteiger partial charge in [0.25, 0.3) is 0 Å². The van der Waals surface area contributed by atoms with Crippen LogP contribution in [0.15, 0.2) is 24.3 Å². The number of nitrogens with two attached hydrogens (primary N) is 1. The van der Waals surface area contributed by atoms with Crippen LogP contribution in [0.1, 0.15) is 30.4 Å². The molecule has 0 radical (unpaired) electrons. The van der Waals surface area contributed by atoms with E-state index in [4.69, 9.17) is 5.73 Å². The molecule has 0 aliphatic carbocycles. The Morgan fingerprint density at radius 1 is 1.22 bits per heavy atom. The molecule has 1 heterocycles. The molecule has 0 amide bonds. The normalized spacial score (nSPS) is 10.9. The summed E-state index contributed by atoms with van der Waals surface area (Å²) in [5, 5.41) is 0. The average Bonchev–Trinajstić information content (AvgIpc) is 2.67. The van der Waals surface area contributed by atoms with E-state index < -0.39 is 0 Å². The molecule has 1 aromatic heterocycles. The first-order valence-corrected chi connectivity index (χ1v) is 6.49. The molecule has 2 rings (SSSR count). The molecule has 0 atom stereocenters. The van der Waals surface area contributed by atoms with Gasteiger partial charge in [-0.3, -0.25) is 0 Å². The van der Waals surface area contributed by atoms with Crippen molar-refractivity contribution in [3.63, 3.8) is 0 Å². The van der Waals surface area contributed by atoms with Crippen molar-refractivity contribution in [1.29, 1.82) is 0 Å². The summed E-state index contributed by atoms with van der Waals surface area (Å²) in [7, 11) is 2.01. The summed E-state index contributed by atoms with van der Waals surface area (Å²) in [5.74, 6) is 1.00. The molecular weight excluding hydrogens is 222 g/mol. The molecule has 0 aliphatic heterocycles. The fraction of sp³-hybridized carbons (Fsp3) is 0.400. The van der Waals surface area contributed by atoms with Crippen molar-refractivity contribution in [2.45, 2.75) is 33.2 Å². The van der Waals surface area contributed by atoms with Gasteiger partial charge in [0.05, 0.1) is 11.4 Å². The van der Waals surface area contributed by atoms with Crippen molar-refractivity contribution < 1.29 is 0 Å². The molecule has 0 aliphatic rings. The highest BCUT2D eigenvalue weighted by molar-refractivity contribution is 5.62. The van der Waals surface area contributed by atoms with E-state index in [2.05, 4.69) is 40.7 Å². The van der Waals surface area contributed by atoms with Crippen molar-refractivity contribution in [1.82, 2.24) is 9.55 Å². The first-order valence-electron chi connectivity index (χ1n) is 6.49. The third-order valence-electron chi connectivity index (χ3n) is 3.40. The Hall–Kier alpha value is -1.61. The highest BCUT2D eigenvalue weighted by atomic mass is 15.1. The minimum absolute atomic E-state index is 0.517. The molecule has 3 heteroatoms. The first-order chi connectivity index (χ1) is 8.67. The van der Waals surface area contributed by atoms with Gasteiger partial charge in [0.15, 0.2) is 0 Å². The average molecular weight is 243 g/mol. The lowest BCUT2D eigenvalue weighted by Gasteiger charge is -2.05. The summed E-state index contributed by atoms with van der Waals surface area (Å²) >= 11 is 0. The lowest BCUT2D eigenvalue weighted by molar-refractivity contribution is 0.789. The van der Waals surface area contributed by atoms with Crippen molar-refractivity contribution in [2.24, 2.45) is 12.8 Å². The van der Waals surface area contributed by atoms with Crippen molar-refractivity contribution >= 4 is 0 Å². The lowest BCUT2D eigenvalue weighted by Crippen LogP contribution is -2.05. The van der Waals surface area contributed by atoms with Gasteiger partial charge in [0, 0.05) is 19.2 Å². The number of aryl methyl sites for hydroxylation is 2. The van der Waals surface area contributed by atoms with Crippen molar-refractivity contribution in [3.8, 4) is 11.3 Å². The van der Waals surface area contributed by atoms with Gasteiger partial charge >= 0.3 is 0 Å². The van der Waals surface area contributed by atoms with E-state index in [9.17, 15) is 0 Å². The van der Waals surface area contributed by atoms with Gasteiger partial charge in [-0.05, 0) is 18.9 Å². The maximum Gasteiger partial charge on any atom is 0.106 e. The van der Waals surface area contributed by atoms with Gasteiger partial charge in [-0.1, -0.05) is 37.6 Å². The lowest BCUT2D eigenvalue weighted by atomic mass is 10.0. The van der Waals surface area contributed by atoms with E-state index in [-0.39, 0.29) is 0 Å². The monoisotopic (exact) mass is 243 g/mol. The zero-order chi connectivity index (χ0) is 13.1. The number of nitrogens with zero attached hydrogens (tertiary/aromatic N) is 2. The third kappa shape index (κ3) is 2.31. The number of hydrogen-bond acceptors (Lipinski definition) is 2. The van der Waals surface area contributed by atoms with Gasteiger partial charge in [-0.2, -0.15) is 0 Å². The Kier molecular flexibility index (Phi) is 3.82. The summed E-state index contributed by atoms with van der Waals surface area (Å²) in [4.78, 5) is 4.61. The van der Waals surface area contributed by atoms with Crippen LogP contribution in [0.2, 0.25) is 0 Å². The van der Waals surface area contributed by atoms with E-state index in [1.54, 1.807) is 0 Å². The van der Waals surface area contributed by atoms with Crippen LogP contribution in [0.5, 0.6) is 0 Å². The minimum Gasteiger partial charge on any atom is -0.334 e. The number of benzene rings is 1. The SMILES string of the molecule is CCCc1ccc(-c2nc(C)n(C)c2CN)cc1. The van der Waals surface area contributed by atoms with Crippen LogP contribution in [0.4, 0.5) is 0 Å². The number of aromatic nitrogens is 2. The topological polar surface area (TPSA) is 43.8 Å². The molecule has 0 bridgehead atoms. The summed E-state index contributed by atoms with van der Waals surface area (Å²) in [6.07, 6.45) is 2.31. The molecule has 2 N–H and O–H groups in total. The van der Waals surface area contributed by atoms with E-state index in [1.165, 1.54) is 12.0 Å². The third-order valence-corrected chi connectivity index (χ3v) is 3.40. The standard InChI is InChI=1S/C15H21N3/c1-4-5-12-6-8-13(9-7-12)15-14(10-16)18(3)11(2)17-15/h6-9H,4-5,10,16H2,1-3H3. The zero-order valence-electron chi connectivity index (χ0n) is 11.4. The fourth-order valence-corrected chi connectivity index (χ4v) is 2.24. The maximum absolute atomic E-state index is 5.82. The van der Waals surface area contributed by atoms with Crippen LogP contribution < -0.4 is 5.73 Å². The molecule has 96 valence electrons. The van der Waals surface area contributed by atoms with Crippen LogP contribution in [-0.2, 0) is 20.0 Å². The van der Waals surface area contributed by atoms with Crippen LogP contribution in [-0.4, -0.2) is 9.55 Å². The molecule has 3 nitrogen and oxygen atoms in total. The Labute approximate surface area is 109 Å². The molecule has 0 unspecified atom stereocenters. The van der Waals surface area contributed by atoms with E-state index in [0.29, 0.717) is 6.54 Å². The van der Waals surface area contributed by atoms with Crippen molar-refractivity contribution in [2.75, 3.05) is 0 Å². The Morgan fingerprint density at radius 3 is 2.44 bits per heavy atom. The molecule has 0 spiro atoms. The summed E-state index contributed by atoms with van der Waals surface area (Å²) < 4.78 is 2.06. The largest absolute Gasteiger partial charge is 0.334 e. The Balaban J connectivity index is 2.39.